The summed E-state index contributed by atoms with van der Waals surface area (Å²) in [6, 6.07) is 0.162. The fourth-order valence-electron chi connectivity index (χ4n) is 2.45. The van der Waals surface area contributed by atoms with Gasteiger partial charge in [0.1, 0.15) is 0 Å². The number of aliphatic hydroxyl groups excluding tert-OH is 1. The minimum atomic E-state index is 0.162. The lowest BCUT2D eigenvalue weighted by Gasteiger charge is -2.34. The van der Waals surface area contributed by atoms with E-state index in [1.54, 1.807) is 7.11 Å². The SMILES string of the molecule is COCCNCc1cnc(N2CCCCC2CO)nc1. The number of hydrogen-bond donors (Lipinski definition) is 2. The van der Waals surface area contributed by atoms with Gasteiger partial charge in [0.2, 0.25) is 5.95 Å². The van der Waals surface area contributed by atoms with Crippen LogP contribution in [0.25, 0.3) is 0 Å². The van der Waals surface area contributed by atoms with Crippen LogP contribution in [-0.4, -0.2) is 54.5 Å². The molecule has 2 heterocycles. The molecule has 1 aliphatic rings. The van der Waals surface area contributed by atoms with E-state index in [4.69, 9.17) is 4.74 Å². The van der Waals surface area contributed by atoms with Crippen molar-refractivity contribution in [2.75, 3.05) is 38.3 Å². The van der Waals surface area contributed by atoms with E-state index in [-0.39, 0.29) is 12.6 Å². The molecule has 0 aromatic carbocycles. The fourth-order valence-corrected chi connectivity index (χ4v) is 2.45. The van der Waals surface area contributed by atoms with Crippen LogP contribution in [0, 0.1) is 0 Å². The van der Waals surface area contributed by atoms with Crippen molar-refractivity contribution in [3.8, 4) is 0 Å². The summed E-state index contributed by atoms with van der Waals surface area (Å²) in [5.74, 6) is 0.726. The first-order chi connectivity index (χ1) is 9.85. The highest BCUT2D eigenvalue weighted by Gasteiger charge is 2.23. The third-order valence-corrected chi connectivity index (χ3v) is 3.60. The van der Waals surface area contributed by atoms with Crippen LogP contribution in [0.3, 0.4) is 0 Å². The summed E-state index contributed by atoms with van der Waals surface area (Å²) >= 11 is 0. The number of rotatable bonds is 7. The van der Waals surface area contributed by atoms with E-state index in [1.165, 1.54) is 6.42 Å². The second-order valence-corrected chi connectivity index (χ2v) is 5.09. The third-order valence-electron chi connectivity index (χ3n) is 3.60. The van der Waals surface area contributed by atoms with Gasteiger partial charge >= 0.3 is 0 Å². The summed E-state index contributed by atoms with van der Waals surface area (Å²) in [6.07, 6.45) is 7.03. The van der Waals surface area contributed by atoms with E-state index in [9.17, 15) is 5.11 Å². The Bertz CT molecular complexity index is 385. The van der Waals surface area contributed by atoms with Gasteiger partial charge in [-0.2, -0.15) is 0 Å². The molecule has 0 radical (unpaired) electrons. The van der Waals surface area contributed by atoms with Gasteiger partial charge in [0.15, 0.2) is 0 Å². The molecular formula is C14H24N4O2. The van der Waals surface area contributed by atoms with Crippen molar-refractivity contribution in [3.05, 3.63) is 18.0 Å². The summed E-state index contributed by atoms with van der Waals surface area (Å²) in [7, 11) is 1.69. The summed E-state index contributed by atoms with van der Waals surface area (Å²) in [5, 5.41) is 12.7. The summed E-state index contributed by atoms with van der Waals surface area (Å²) in [4.78, 5) is 11.0. The Morgan fingerprint density at radius 1 is 1.40 bits per heavy atom. The van der Waals surface area contributed by atoms with Crippen LogP contribution < -0.4 is 10.2 Å². The maximum Gasteiger partial charge on any atom is 0.225 e. The number of methoxy groups -OCH3 is 1. The van der Waals surface area contributed by atoms with E-state index in [2.05, 4.69) is 20.2 Å². The molecule has 112 valence electrons. The predicted molar refractivity (Wildman–Crippen MR) is 77.7 cm³/mol. The molecule has 6 heteroatoms. The van der Waals surface area contributed by atoms with Crippen molar-refractivity contribution in [2.45, 2.75) is 31.8 Å². The number of aliphatic hydroxyl groups is 1. The average molecular weight is 280 g/mol. The fraction of sp³-hybridized carbons (Fsp3) is 0.714. The Labute approximate surface area is 120 Å². The lowest BCUT2D eigenvalue weighted by molar-refractivity contribution is 0.199. The van der Waals surface area contributed by atoms with Gasteiger partial charge in [-0.25, -0.2) is 9.97 Å². The van der Waals surface area contributed by atoms with Gasteiger partial charge < -0.3 is 20.1 Å². The first-order valence-electron chi connectivity index (χ1n) is 7.23. The third kappa shape index (κ3) is 4.13. The number of hydrogen-bond acceptors (Lipinski definition) is 6. The van der Waals surface area contributed by atoms with Gasteiger partial charge in [0.05, 0.1) is 19.3 Å². The molecule has 20 heavy (non-hydrogen) atoms. The van der Waals surface area contributed by atoms with Crippen LogP contribution in [0.5, 0.6) is 0 Å². The summed E-state index contributed by atoms with van der Waals surface area (Å²) in [5.41, 5.74) is 1.06. The minimum Gasteiger partial charge on any atom is -0.394 e. The molecule has 2 rings (SSSR count). The van der Waals surface area contributed by atoms with Crippen molar-refractivity contribution in [1.82, 2.24) is 15.3 Å². The number of nitrogens with zero attached hydrogens (tertiary/aromatic N) is 3. The molecule has 1 atom stereocenters. The number of aromatic nitrogens is 2. The highest BCUT2D eigenvalue weighted by atomic mass is 16.5. The van der Waals surface area contributed by atoms with Crippen LogP contribution in [0.4, 0.5) is 5.95 Å². The molecule has 1 aromatic heterocycles. The zero-order valence-corrected chi connectivity index (χ0v) is 12.1. The maximum atomic E-state index is 9.42. The monoisotopic (exact) mass is 280 g/mol. The first kappa shape index (κ1) is 15.2. The quantitative estimate of drug-likeness (QED) is 0.711. The molecule has 0 spiro atoms. The molecule has 0 saturated carbocycles. The zero-order valence-electron chi connectivity index (χ0n) is 12.1. The summed E-state index contributed by atoms with van der Waals surface area (Å²) < 4.78 is 4.98. The zero-order chi connectivity index (χ0) is 14.2. The Kier molecular flexibility index (Phi) is 6.17. The minimum absolute atomic E-state index is 0.162. The van der Waals surface area contributed by atoms with Crippen LogP contribution in [0.2, 0.25) is 0 Å². The van der Waals surface area contributed by atoms with Crippen LogP contribution in [0.15, 0.2) is 12.4 Å². The molecule has 1 aromatic rings. The van der Waals surface area contributed by atoms with E-state index >= 15 is 0 Å². The molecule has 6 nitrogen and oxygen atoms in total. The second kappa shape index (κ2) is 8.14. The molecule has 1 unspecified atom stereocenters. The van der Waals surface area contributed by atoms with E-state index in [0.717, 1.165) is 44.0 Å². The molecule has 0 amide bonds. The van der Waals surface area contributed by atoms with Gasteiger partial charge in [0.25, 0.3) is 0 Å². The highest BCUT2D eigenvalue weighted by Crippen LogP contribution is 2.21. The smallest absolute Gasteiger partial charge is 0.225 e. The number of piperidine rings is 1. The molecule has 1 aliphatic heterocycles. The lowest BCUT2D eigenvalue weighted by Crippen LogP contribution is -2.42. The van der Waals surface area contributed by atoms with Crippen LogP contribution in [-0.2, 0) is 11.3 Å². The molecule has 0 bridgehead atoms. The Morgan fingerprint density at radius 3 is 2.90 bits per heavy atom. The molecular weight excluding hydrogens is 256 g/mol. The topological polar surface area (TPSA) is 70.5 Å². The van der Waals surface area contributed by atoms with Gasteiger partial charge in [-0.3, -0.25) is 0 Å². The van der Waals surface area contributed by atoms with Gasteiger partial charge in [0, 0.05) is 44.7 Å². The highest BCUT2D eigenvalue weighted by molar-refractivity contribution is 5.32. The van der Waals surface area contributed by atoms with Crippen molar-refractivity contribution in [2.24, 2.45) is 0 Å². The Morgan fingerprint density at radius 2 is 2.20 bits per heavy atom. The number of anilines is 1. The summed E-state index contributed by atoms with van der Waals surface area (Å²) in [6.45, 7) is 3.36. The Hall–Kier alpha value is -1.24. The standard InChI is InChI=1S/C14H24N4O2/c1-20-7-5-15-8-12-9-16-14(17-10-12)18-6-3-2-4-13(18)11-19/h9-10,13,15,19H,2-8,11H2,1H3. The van der Waals surface area contributed by atoms with E-state index in [1.807, 2.05) is 12.4 Å². The Balaban J connectivity index is 1.89. The molecule has 0 aliphatic carbocycles. The average Bonchev–Trinajstić information content (AvgIpc) is 2.52. The van der Waals surface area contributed by atoms with Gasteiger partial charge in [-0.05, 0) is 19.3 Å². The largest absolute Gasteiger partial charge is 0.394 e. The molecule has 1 fully saturated rings. The maximum absolute atomic E-state index is 9.42. The van der Waals surface area contributed by atoms with Crippen LogP contribution in [0.1, 0.15) is 24.8 Å². The van der Waals surface area contributed by atoms with Crippen molar-refractivity contribution in [3.63, 3.8) is 0 Å². The van der Waals surface area contributed by atoms with E-state index < -0.39 is 0 Å². The predicted octanol–water partition coefficient (Wildman–Crippen LogP) is 0.564. The van der Waals surface area contributed by atoms with Crippen LogP contribution >= 0.6 is 0 Å². The first-order valence-corrected chi connectivity index (χ1v) is 7.23. The van der Waals surface area contributed by atoms with E-state index in [0.29, 0.717) is 6.61 Å². The van der Waals surface area contributed by atoms with Crippen molar-refractivity contribution < 1.29 is 9.84 Å². The number of nitrogens with one attached hydrogen (secondary N) is 1. The normalized spacial score (nSPS) is 19.3. The van der Waals surface area contributed by atoms with Gasteiger partial charge in [-0.15, -0.1) is 0 Å². The van der Waals surface area contributed by atoms with Gasteiger partial charge in [-0.1, -0.05) is 0 Å². The number of ether oxygens (including phenoxy) is 1. The van der Waals surface area contributed by atoms with Crippen molar-refractivity contribution >= 4 is 5.95 Å². The molecule has 1 saturated heterocycles. The second-order valence-electron chi connectivity index (χ2n) is 5.09. The molecule has 2 N–H and O–H groups in total. The lowest BCUT2D eigenvalue weighted by atomic mass is 10.0. The van der Waals surface area contributed by atoms with Crippen molar-refractivity contribution in [1.29, 1.82) is 0 Å².